The maximum atomic E-state index is 4.75. The highest BCUT2D eigenvalue weighted by molar-refractivity contribution is 5.96. The molecule has 1 heterocycles. The molecule has 0 unspecified atom stereocenters. The van der Waals surface area contributed by atoms with Crippen LogP contribution in [0.2, 0.25) is 0 Å². The van der Waals surface area contributed by atoms with E-state index in [0.717, 1.165) is 47.2 Å². The summed E-state index contributed by atoms with van der Waals surface area (Å²) in [5.74, 6) is 0. The number of benzene rings is 3. The van der Waals surface area contributed by atoms with Gasteiger partial charge in [0.25, 0.3) is 0 Å². The summed E-state index contributed by atoms with van der Waals surface area (Å²) in [5, 5.41) is 12.9. The van der Waals surface area contributed by atoms with Crippen LogP contribution in [0.5, 0.6) is 0 Å². The molecule has 1 aromatic heterocycles. The van der Waals surface area contributed by atoms with Crippen molar-refractivity contribution in [3.8, 4) is 11.1 Å². The summed E-state index contributed by atoms with van der Waals surface area (Å²) in [7, 11) is 0. The van der Waals surface area contributed by atoms with E-state index in [1.165, 1.54) is 33.4 Å². The zero-order valence-electron chi connectivity index (χ0n) is 19.8. The molecule has 0 aliphatic carbocycles. The van der Waals surface area contributed by atoms with E-state index in [4.69, 9.17) is 5.10 Å². The van der Waals surface area contributed by atoms with Crippen molar-refractivity contribution in [3.05, 3.63) is 88.6 Å². The Hall–Kier alpha value is -3.33. The Morgan fingerprint density at radius 1 is 0.969 bits per heavy atom. The van der Waals surface area contributed by atoms with E-state index in [0.29, 0.717) is 0 Å². The first kappa shape index (κ1) is 21.9. The Morgan fingerprint density at radius 3 is 2.53 bits per heavy atom. The number of hydrogen-bond donors (Lipinski definition) is 2. The number of H-pyrrole nitrogens is 1. The van der Waals surface area contributed by atoms with E-state index in [9.17, 15) is 0 Å². The van der Waals surface area contributed by atoms with Crippen molar-refractivity contribution in [2.75, 3.05) is 5.32 Å². The number of nitrogens with one attached hydrogen (secondary N) is 2. The zero-order valence-corrected chi connectivity index (χ0v) is 19.8. The van der Waals surface area contributed by atoms with Gasteiger partial charge in [0.2, 0.25) is 0 Å². The van der Waals surface area contributed by atoms with Crippen LogP contribution in [0.25, 0.3) is 27.7 Å². The van der Waals surface area contributed by atoms with Crippen molar-refractivity contribution in [3.63, 3.8) is 0 Å². The Labute approximate surface area is 191 Å². The number of anilines is 1. The van der Waals surface area contributed by atoms with Crippen molar-refractivity contribution in [2.24, 2.45) is 0 Å². The van der Waals surface area contributed by atoms with Gasteiger partial charge in [-0.25, -0.2) is 0 Å². The average molecular weight is 424 g/mol. The van der Waals surface area contributed by atoms with Gasteiger partial charge in [-0.1, -0.05) is 68.3 Å². The molecule has 0 saturated carbocycles. The number of rotatable bonds is 7. The summed E-state index contributed by atoms with van der Waals surface area (Å²) in [6, 6.07) is 21.8. The first-order valence-electron chi connectivity index (χ1n) is 11.6. The number of fused-ring (bicyclic) bond motifs is 1. The number of para-hydroxylation sites is 1. The summed E-state index contributed by atoms with van der Waals surface area (Å²) in [6.45, 7) is 10.9. The maximum absolute atomic E-state index is 4.75. The SMILES string of the molecule is CCCc1cc(C)ccc1-c1ccc2c(/C(Nc3ccccc3C)=C(/C)CC)n[nH]c2c1. The number of allylic oxidation sites excluding steroid dienone is 1. The Balaban J connectivity index is 1.78. The maximum Gasteiger partial charge on any atom is 0.116 e. The van der Waals surface area contributed by atoms with Gasteiger partial charge in [-0.15, -0.1) is 0 Å². The molecule has 0 bridgehead atoms. The summed E-state index contributed by atoms with van der Waals surface area (Å²) >= 11 is 0. The zero-order chi connectivity index (χ0) is 22.7. The van der Waals surface area contributed by atoms with Crippen LogP contribution in [-0.4, -0.2) is 10.2 Å². The smallest absolute Gasteiger partial charge is 0.116 e. The molecule has 3 heteroatoms. The van der Waals surface area contributed by atoms with E-state index < -0.39 is 0 Å². The minimum Gasteiger partial charge on any atom is -0.354 e. The van der Waals surface area contributed by atoms with Gasteiger partial charge >= 0.3 is 0 Å². The first-order chi connectivity index (χ1) is 15.5. The van der Waals surface area contributed by atoms with Crippen LogP contribution in [-0.2, 0) is 6.42 Å². The molecule has 4 rings (SSSR count). The monoisotopic (exact) mass is 423 g/mol. The lowest BCUT2D eigenvalue weighted by molar-refractivity contribution is 0.922. The molecule has 0 fully saturated rings. The van der Waals surface area contributed by atoms with E-state index >= 15 is 0 Å². The van der Waals surface area contributed by atoms with Gasteiger partial charge in [0.1, 0.15) is 5.69 Å². The highest BCUT2D eigenvalue weighted by Crippen LogP contribution is 2.33. The molecule has 3 aromatic carbocycles. The van der Waals surface area contributed by atoms with Gasteiger partial charge in [0.05, 0.1) is 11.2 Å². The van der Waals surface area contributed by atoms with Gasteiger partial charge in [-0.2, -0.15) is 5.10 Å². The summed E-state index contributed by atoms with van der Waals surface area (Å²) in [4.78, 5) is 0. The summed E-state index contributed by atoms with van der Waals surface area (Å²) in [6.07, 6.45) is 3.19. The summed E-state index contributed by atoms with van der Waals surface area (Å²) in [5.41, 5.74) is 12.0. The standard InChI is InChI=1S/C29H33N3/c1-6-10-22-17-19(3)13-15-24(22)23-14-16-25-27(18-23)31-32-29(25)28(20(4)7-2)30-26-12-9-8-11-21(26)5/h8-9,11-18,30H,6-7,10H2,1-5H3,(H,31,32)/b28-20+. The molecule has 0 aliphatic rings. The van der Waals surface area contributed by atoms with Crippen LogP contribution < -0.4 is 5.32 Å². The third-order valence-corrected chi connectivity index (χ3v) is 6.25. The molecule has 32 heavy (non-hydrogen) atoms. The van der Waals surface area contributed by atoms with Crippen molar-refractivity contribution in [1.82, 2.24) is 10.2 Å². The Morgan fingerprint density at radius 2 is 1.78 bits per heavy atom. The molecule has 0 saturated heterocycles. The van der Waals surface area contributed by atoms with Crippen LogP contribution in [0.15, 0.2) is 66.2 Å². The van der Waals surface area contributed by atoms with Crippen LogP contribution in [0.4, 0.5) is 5.69 Å². The highest BCUT2D eigenvalue weighted by Gasteiger charge is 2.15. The third kappa shape index (κ3) is 4.34. The third-order valence-electron chi connectivity index (χ3n) is 6.25. The van der Waals surface area contributed by atoms with Gasteiger partial charge in [-0.3, -0.25) is 5.10 Å². The van der Waals surface area contributed by atoms with Crippen LogP contribution in [0.3, 0.4) is 0 Å². The molecule has 4 aromatic rings. The normalized spacial score (nSPS) is 12.2. The quantitative estimate of drug-likeness (QED) is 0.316. The van der Waals surface area contributed by atoms with E-state index in [1.807, 2.05) is 0 Å². The average Bonchev–Trinajstić information content (AvgIpc) is 3.21. The van der Waals surface area contributed by atoms with Crippen LogP contribution >= 0.6 is 0 Å². The number of nitrogens with zero attached hydrogens (tertiary/aromatic N) is 1. The lowest BCUT2D eigenvalue weighted by Gasteiger charge is -2.15. The topological polar surface area (TPSA) is 40.7 Å². The predicted molar refractivity (Wildman–Crippen MR) is 138 cm³/mol. The second-order valence-electron chi connectivity index (χ2n) is 8.69. The number of aryl methyl sites for hydroxylation is 3. The Bertz CT molecular complexity index is 1280. The minimum absolute atomic E-state index is 0.963. The van der Waals surface area contributed by atoms with Crippen LogP contribution in [0.1, 0.15) is 56.0 Å². The second-order valence-corrected chi connectivity index (χ2v) is 8.69. The van der Waals surface area contributed by atoms with Crippen molar-refractivity contribution in [2.45, 2.75) is 53.9 Å². The van der Waals surface area contributed by atoms with Gasteiger partial charge in [-0.05, 0) is 79.6 Å². The molecule has 2 N–H and O–H groups in total. The fraction of sp³-hybridized carbons (Fsp3) is 0.276. The highest BCUT2D eigenvalue weighted by atomic mass is 15.1. The van der Waals surface area contributed by atoms with Gasteiger partial charge in [0.15, 0.2) is 0 Å². The molecular formula is C29H33N3. The molecule has 3 nitrogen and oxygen atoms in total. The molecule has 0 atom stereocenters. The molecule has 0 aliphatic heterocycles. The van der Waals surface area contributed by atoms with Gasteiger partial charge in [0, 0.05) is 11.1 Å². The van der Waals surface area contributed by atoms with E-state index in [1.54, 1.807) is 0 Å². The molecule has 164 valence electrons. The minimum atomic E-state index is 0.963. The lowest BCUT2D eigenvalue weighted by Crippen LogP contribution is -2.04. The second kappa shape index (κ2) is 9.44. The number of aromatic amines is 1. The van der Waals surface area contributed by atoms with Crippen molar-refractivity contribution < 1.29 is 0 Å². The molecule has 0 radical (unpaired) electrons. The predicted octanol–water partition coefficient (Wildman–Crippen LogP) is 8.05. The van der Waals surface area contributed by atoms with Crippen molar-refractivity contribution in [1.29, 1.82) is 0 Å². The molecule has 0 spiro atoms. The van der Waals surface area contributed by atoms with Crippen LogP contribution in [0, 0.1) is 13.8 Å². The first-order valence-corrected chi connectivity index (χ1v) is 11.6. The van der Waals surface area contributed by atoms with E-state index in [-0.39, 0.29) is 0 Å². The number of aromatic nitrogens is 2. The fourth-order valence-electron chi connectivity index (χ4n) is 4.25. The lowest BCUT2D eigenvalue weighted by atomic mass is 9.94. The number of hydrogen-bond acceptors (Lipinski definition) is 2. The molecular weight excluding hydrogens is 390 g/mol. The van der Waals surface area contributed by atoms with Crippen molar-refractivity contribution >= 4 is 22.3 Å². The fourth-order valence-corrected chi connectivity index (χ4v) is 4.25. The molecule has 0 amide bonds. The van der Waals surface area contributed by atoms with E-state index in [2.05, 4.69) is 106 Å². The largest absolute Gasteiger partial charge is 0.354 e. The van der Waals surface area contributed by atoms with Gasteiger partial charge < -0.3 is 5.32 Å². The summed E-state index contributed by atoms with van der Waals surface area (Å²) < 4.78 is 0. The Kier molecular flexibility index (Phi) is 6.45.